The molecule has 4 nitrogen and oxygen atoms in total. The molecule has 0 bridgehead atoms. The summed E-state index contributed by atoms with van der Waals surface area (Å²) in [5.74, 6) is 0.291. The van der Waals surface area contributed by atoms with Crippen molar-refractivity contribution in [2.75, 3.05) is 45.8 Å². The van der Waals surface area contributed by atoms with Gasteiger partial charge in [-0.15, -0.1) is 0 Å². The zero-order valence-electron chi connectivity index (χ0n) is 10.7. The molecular formula is C12H25N3O. The highest BCUT2D eigenvalue weighted by Crippen LogP contribution is 1.99. The highest BCUT2D eigenvalue weighted by Gasteiger charge is 2.17. The van der Waals surface area contributed by atoms with Crippen molar-refractivity contribution in [2.45, 2.75) is 26.7 Å². The van der Waals surface area contributed by atoms with Crippen LogP contribution in [-0.4, -0.2) is 61.5 Å². The van der Waals surface area contributed by atoms with Crippen LogP contribution in [0.3, 0.4) is 0 Å². The van der Waals surface area contributed by atoms with Crippen LogP contribution in [0, 0.1) is 0 Å². The van der Waals surface area contributed by atoms with E-state index in [4.69, 9.17) is 0 Å². The molecule has 1 fully saturated rings. The summed E-state index contributed by atoms with van der Waals surface area (Å²) in [7, 11) is 0. The van der Waals surface area contributed by atoms with Gasteiger partial charge in [0.05, 0.1) is 6.54 Å². The lowest BCUT2D eigenvalue weighted by molar-refractivity contribution is -0.133. The van der Waals surface area contributed by atoms with E-state index in [1.165, 1.54) is 12.8 Å². The highest BCUT2D eigenvalue weighted by molar-refractivity contribution is 5.78. The fourth-order valence-corrected chi connectivity index (χ4v) is 1.94. The van der Waals surface area contributed by atoms with E-state index in [2.05, 4.69) is 24.1 Å². The van der Waals surface area contributed by atoms with E-state index in [1.807, 2.05) is 4.90 Å². The van der Waals surface area contributed by atoms with Gasteiger partial charge in [-0.1, -0.05) is 20.3 Å². The summed E-state index contributed by atoms with van der Waals surface area (Å²) >= 11 is 0. The van der Waals surface area contributed by atoms with Crippen LogP contribution in [0.4, 0.5) is 0 Å². The van der Waals surface area contributed by atoms with Crippen molar-refractivity contribution in [1.29, 1.82) is 0 Å². The van der Waals surface area contributed by atoms with Crippen LogP contribution < -0.4 is 5.32 Å². The second-order valence-electron chi connectivity index (χ2n) is 4.35. The van der Waals surface area contributed by atoms with Crippen molar-refractivity contribution in [3.8, 4) is 0 Å². The Balaban J connectivity index is 2.29. The Kier molecular flexibility index (Phi) is 6.42. The number of piperazine rings is 1. The monoisotopic (exact) mass is 227 g/mol. The molecule has 0 aromatic rings. The fourth-order valence-electron chi connectivity index (χ4n) is 1.94. The van der Waals surface area contributed by atoms with E-state index in [0.29, 0.717) is 12.5 Å². The largest absolute Gasteiger partial charge is 0.339 e. The lowest BCUT2D eigenvalue weighted by Crippen LogP contribution is -2.49. The van der Waals surface area contributed by atoms with Gasteiger partial charge in [-0.25, -0.2) is 0 Å². The standard InChI is InChI=1S/C12H25N3O/c1-3-5-8-14(4-2)11-12(16)15-9-6-13-7-10-15/h13H,3-11H2,1-2H3. The van der Waals surface area contributed by atoms with Crippen LogP contribution in [0.1, 0.15) is 26.7 Å². The van der Waals surface area contributed by atoms with Crippen molar-refractivity contribution in [2.24, 2.45) is 0 Å². The lowest BCUT2D eigenvalue weighted by atomic mass is 10.3. The third kappa shape index (κ3) is 4.49. The van der Waals surface area contributed by atoms with Crippen molar-refractivity contribution in [3.05, 3.63) is 0 Å². The summed E-state index contributed by atoms with van der Waals surface area (Å²) in [5.41, 5.74) is 0. The smallest absolute Gasteiger partial charge is 0.236 e. The Hall–Kier alpha value is -0.610. The SMILES string of the molecule is CCCCN(CC)CC(=O)N1CCNCC1. The number of nitrogens with zero attached hydrogens (tertiary/aromatic N) is 2. The third-order valence-corrected chi connectivity index (χ3v) is 3.10. The minimum atomic E-state index is 0.291. The number of nitrogens with one attached hydrogen (secondary N) is 1. The number of hydrogen-bond donors (Lipinski definition) is 1. The first-order chi connectivity index (χ1) is 7.77. The summed E-state index contributed by atoms with van der Waals surface area (Å²) in [6, 6.07) is 0. The molecule has 0 aromatic carbocycles. The molecule has 1 heterocycles. The minimum Gasteiger partial charge on any atom is -0.339 e. The van der Waals surface area contributed by atoms with Gasteiger partial charge in [0.1, 0.15) is 0 Å². The second-order valence-corrected chi connectivity index (χ2v) is 4.35. The topological polar surface area (TPSA) is 35.6 Å². The van der Waals surface area contributed by atoms with Gasteiger partial charge in [-0.3, -0.25) is 9.69 Å². The predicted molar refractivity (Wildman–Crippen MR) is 66.5 cm³/mol. The van der Waals surface area contributed by atoms with Gasteiger partial charge >= 0.3 is 0 Å². The molecule has 16 heavy (non-hydrogen) atoms. The van der Waals surface area contributed by atoms with Crippen LogP contribution >= 0.6 is 0 Å². The average Bonchev–Trinajstić information content (AvgIpc) is 2.35. The quantitative estimate of drug-likeness (QED) is 0.719. The van der Waals surface area contributed by atoms with E-state index < -0.39 is 0 Å². The van der Waals surface area contributed by atoms with Crippen LogP contribution in [0.5, 0.6) is 0 Å². The van der Waals surface area contributed by atoms with Crippen LogP contribution in [0.2, 0.25) is 0 Å². The molecular weight excluding hydrogens is 202 g/mol. The second kappa shape index (κ2) is 7.63. The Labute approximate surface area is 99.0 Å². The van der Waals surface area contributed by atoms with Gasteiger partial charge in [-0.05, 0) is 19.5 Å². The van der Waals surface area contributed by atoms with Crippen LogP contribution in [-0.2, 0) is 4.79 Å². The van der Waals surface area contributed by atoms with Crippen molar-refractivity contribution < 1.29 is 4.79 Å². The molecule has 1 N–H and O–H groups in total. The van der Waals surface area contributed by atoms with E-state index in [0.717, 1.165) is 39.3 Å². The molecule has 0 saturated carbocycles. The fraction of sp³-hybridized carbons (Fsp3) is 0.917. The zero-order chi connectivity index (χ0) is 11.8. The predicted octanol–water partition coefficient (Wildman–Crippen LogP) is 0.540. The zero-order valence-corrected chi connectivity index (χ0v) is 10.7. The normalized spacial score (nSPS) is 16.8. The summed E-state index contributed by atoms with van der Waals surface area (Å²) < 4.78 is 0. The van der Waals surface area contributed by atoms with Gasteiger partial charge < -0.3 is 10.2 Å². The Morgan fingerprint density at radius 2 is 2.00 bits per heavy atom. The minimum absolute atomic E-state index is 0.291. The van der Waals surface area contributed by atoms with Crippen molar-refractivity contribution >= 4 is 5.91 Å². The number of amides is 1. The van der Waals surface area contributed by atoms with E-state index in [-0.39, 0.29) is 0 Å². The van der Waals surface area contributed by atoms with Crippen molar-refractivity contribution in [1.82, 2.24) is 15.1 Å². The Morgan fingerprint density at radius 1 is 1.31 bits per heavy atom. The van der Waals surface area contributed by atoms with Crippen LogP contribution in [0.15, 0.2) is 0 Å². The molecule has 0 spiro atoms. The molecule has 1 saturated heterocycles. The molecule has 0 atom stereocenters. The maximum absolute atomic E-state index is 12.0. The van der Waals surface area contributed by atoms with Gasteiger partial charge in [0, 0.05) is 26.2 Å². The molecule has 0 radical (unpaired) electrons. The summed E-state index contributed by atoms with van der Waals surface area (Å²) in [5, 5.41) is 3.26. The number of hydrogen-bond acceptors (Lipinski definition) is 3. The first-order valence-electron chi connectivity index (χ1n) is 6.48. The Morgan fingerprint density at radius 3 is 2.56 bits per heavy atom. The van der Waals surface area contributed by atoms with Crippen LogP contribution in [0.25, 0.3) is 0 Å². The number of rotatable bonds is 6. The maximum atomic E-state index is 12.0. The summed E-state index contributed by atoms with van der Waals surface area (Å²) in [4.78, 5) is 16.2. The third-order valence-electron chi connectivity index (χ3n) is 3.10. The maximum Gasteiger partial charge on any atom is 0.236 e. The first kappa shape index (κ1) is 13.5. The summed E-state index contributed by atoms with van der Waals surface area (Å²) in [6.07, 6.45) is 2.38. The number of carbonyl (C=O) groups is 1. The van der Waals surface area contributed by atoms with Gasteiger partial charge in [0.25, 0.3) is 0 Å². The molecule has 1 aliphatic rings. The average molecular weight is 227 g/mol. The molecule has 4 heteroatoms. The highest BCUT2D eigenvalue weighted by atomic mass is 16.2. The van der Waals surface area contributed by atoms with E-state index in [9.17, 15) is 4.79 Å². The first-order valence-corrected chi connectivity index (χ1v) is 6.48. The molecule has 94 valence electrons. The molecule has 0 aromatic heterocycles. The lowest BCUT2D eigenvalue weighted by Gasteiger charge is -2.30. The summed E-state index contributed by atoms with van der Waals surface area (Å²) in [6.45, 7) is 10.5. The number of carbonyl (C=O) groups excluding carboxylic acids is 1. The molecule has 1 rings (SSSR count). The Bertz CT molecular complexity index is 202. The number of unbranched alkanes of at least 4 members (excludes halogenated alkanes) is 1. The van der Waals surface area contributed by atoms with E-state index in [1.54, 1.807) is 0 Å². The molecule has 1 amide bonds. The van der Waals surface area contributed by atoms with Gasteiger partial charge in [0.15, 0.2) is 0 Å². The molecule has 0 unspecified atom stereocenters. The molecule has 0 aliphatic carbocycles. The van der Waals surface area contributed by atoms with Gasteiger partial charge in [-0.2, -0.15) is 0 Å². The van der Waals surface area contributed by atoms with Gasteiger partial charge in [0.2, 0.25) is 5.91 Å². The molecule has 1 aliphatic heterocycles. The van der Waals surface area contributed by atoms with Crippen molar-refractivity contribution in [3.63, 3.8) is 0 Å². The van der Waals surface area contributed by atoms with E-state index >= 15 is 0 Å². The number of likely N-dealkylation sites (N-methyl/N-ethyl adjacent to an activating group) is 1.